The number of halogens is 2. The van der Waals surface area contributed by atoms with Crippen LogP contribution in [0.15, 0.2) is 36.4 Å². The summed E-state index contributed by atoms with van der Waals surface area (Å²) in [7, 11) is 0. The van der Waals surface area contributed by atoms with Gasteiger partial charge in [-0.3, -0.25) is 4.90 Å². The van der Waals surface area contributed by atoms with Crippen molar-refractivity contribution in [1.82, 2.24) is 4.90 Å². The zero-order valence-electron chi connectivity index (χ0n) is 8.53. The molecule has 0 spiro atoms. The molecule has 0 radical (unpaired) electrons. The molecule has 0 unspecified atom stereocenters. The van der Waals surface area contributed by atoms with Gasteiger partial charge in [-0.15, -0.1) is 12.4 Å². The second-order valence-corrected chi connectivity index (χ2v) is 3.99. The minimum atomic E-state index is 0. The fraction of sp³-hybridized carbons (Fsp3) is 0.333. The third-order valence-electron chi connectivity index (χ3n) is 2.49. The highest BCUT2D eigenvalue weighted by Gasteiger charge is 2.08. The van der Waals surface area contributed by atoms with Crippen LogP contribution in [0.25, 0.3) is 0 Å². The largest absolute Gasteiger partial charge is 0.295 e. The molecular formula is C12H15Cl2N. The lowest BCUT2D eigenvalue weighted by Gasteiger charge is -2.23. The minimum absolute atomic E-state index is 0. The summed E-state index contributed by atoms with van der Waals surface area (Å²) >= 11 is 6.10. The molecule has 1 aliphatic heterocycles. The van der Waals surface area contributed by atoms with Crippen molar-refractivity contribution in [2.24, 2.45) is 0 Å². The molecule has 2 rings (SSSR count). The van der Waals surface area contributed by atoms with Gasteiger partial charge in [-0.25, -0.2) is 0 Å². The Hall–Kier alpha value is -0.500. The van der Waals surface area contributed by atoms with Gasteiger partial charge in [0.2, 0.25) is 0 Å². The molecule has 0 fully saturated rings. The Morgan fingerprint density at radius 3 is 2.67 bits per heavy atom. The van der Waals surface area contributed by atoms with Gasteiger partial charge in [-0.1, -0.05) is 42.0 Å². The Bertz CT molecular complexity index is 336. The van der Waals surface area contributed by atoms with Gasteiger partial charge >= 0.3 is 0 Å². The van der Waals surface area contributed by atoms with Crippen molar-refractivity contribution in [2.45, 2.75) is 13.0 Å². The number of nitrogens with zero attached hydrogens (tertiary/aromatic N) is 1. The molecule has 0 amide bonds. The van der Waals surface area contributed by atoms with Crippen LogP contribution in [0.5, 0.6) is 0 Å². The van der Waals surface area contributed by atoms with E-state index in [-0.39, 0.29) is 12.4 Å². The number of hydrogen-bond donors (Lipinski definition) is 0. The van der Waals surface area contributed by atoms with E-state index in [9.17, 15) is 0 Å². The van der Waals surface area contributed by atoms with E-state index in [1.165, 1.54) is 5.56 Å². The van der Waals surface area contributed by atoms with E-state index in [4.69, 9.17) is 11.6 Å². The number of hydrogen-bond acceptors (Lipinski definition) is 1. The predicted octanol–water partition coefficient (Wildman–Crippen LogP) is 3.52. The van der Waals surface area contributed by atoms with Gasteiger partial charge in [0.25, 0.3) is 0 Å². The maximum absolute atomic E-state index is 6.10. The first-order valence-corrected chi connectivity index (χ1v) is 5.35. The highest BCUT2D eigenvalue weighted by molar-refractivity contribution is 6.31. The SMILES string of the molecule is Cl.Clc1ccccc1CN1CC=CCC1. The van der Waals surface area contributed by atoms with E-state index in [1.807, 2.05) is 18.2 Å². The fourth-order valence-electron chi connectivity index (χ4n) is 1.70. The van der Waals surface area contributed by atoms with E-state index in [2.05, 4.69) is 23.1 Å². The molecule has 82 valence electrons. The van der Waals surface area contributed by atoms with Gasteiger partial charge in [0.05, 0.1) is 0 Å². The maximum atomic E-state index is 6.10. The topological polar surface area (TPSA) is 3.24 Å². The highest BCUT2D eigenvalue weighted by Crippen LogP contribution is 2.17. The van der Waals surface area contributed by atoms with Crippen LogP contribution in [0.1, 0.15) is 12.0 Å². The third kappa shape index (κ3) is 3.53. The van der Waals surface area contributed by atoms with Gasteiger partial charge in [-0.2, -0.15) is 0 Å². The number of rotatable bonds is 2. The molecule has 1 aromatic carbocycles. The molecule has 0 bridgehead atoms. The molecule has 1 heterocycles. The Morgan fingerprint density at radius 2 is 2.00 bits per heavy atom. The summed E-state index contributed by atoms with van der Waals surface area (Å²) in [6.07, 6.45) is 5.62. The van der Waals surface area contributed by atoms with Crippen molar-refractivity contribution >= 4 is 24.0 Å². The fourth-order valence-corrected chi connectivity index (χ4v) is 1.90. The molecule has 0 saturated carbocycles. The average molecular weight is 244 g/mol. The van der Waals surface area contributed by atoms with Crippen LogP contribution in [0, 0.1) is 0 Å². The molecule has 0 saturated heterocycles. The summed E-state index contributed by atoms with van der Waals surface area (Å²) in [5, 5.41) is 0.877. The van der Waals surface area contributed by atoms with E-state index >= 15 is 0 Å². The standard InChI is InChI=1S/C12H14ClN.ClH/c13-12-7-3-2-6-11(12)10-14-8-4-1-5-9-14;/h1-4,6-7H,5,8-10H2;1H. The molecular weight excluding hydrogens is 229 g/mol. The summed E-state index contributed by atoms with van der Waals surface area (Å²) < 4.78 is 0. The van der Waals surface area contributed by atoms with Gasteiger partial charge < -0.3 is 0 Å². The third-order valence-corrected chi connectivity index (χ3v) is 2.86. The molecule has 1 aliphatic rings. The lowest BCUT2D eigenvalue weighted by Crippen LogP contribution is -2.26. The van der Waals surface area contributed by atoms with Crippen LogP contribution in [0.3, 0.4) is 0 Å². The van der Waals surface area contributed by atoms with Gasteiger partial charge in [0.15, 0.2) is 0 Å². The monoisotopic (exact) mass is 243 g/mol. The molecule has 0 atom stereocenters. The Balaban J connectivity index is 0.00000112. The average Bonchev–Trinajstić information content (AvgIpc) is 2.23. The summed E-state index contributed by atoms with van der Waals surface area (Å²) in [6, 6.07) is 8.07. The van der Waals surface area contributed by atoms with Crippen molar-refractivity contribution in [3.8, 4) is 0 Å². The molecule has 3 heteroatoms. The molecule has 0 aliphatic carbocycles. The molecule has 1 aromatic rings. The van der Waals surface area contributed by atoms with Crippen LogP contribution in [-0.4, -0.2) is 18.0 Å². The first-order valence-electron chi connectivity index (χ1n) is 4.97. The Morgan fingerprint density at radius 1 is 1.20 bits per heavy atom. The van der Waals surface area contributed by atoms with Gasteiger partial charge in [0.1, 0.15) is 0 Å². The first-order chi connectivity index (χ1) is 6.86. The lowest BCUT2D eigenvalue weighted by atomic mass is 10.2. The maximum Gasteiger partial charge on any atom is 0.0451 e. The molecule has 15 heavy (non-hydrogen) atoms. The van der Waals surface area contributed by atoms with Crippen LogP contribution in [0.4, 0.5) is 0 Å². The summed E-state index contributed by atoms with van der Waals surface area (Å²) in [6.45, 7) is 3.15. The van der Waals surface area contributed by atoms with Gasteiger partial charge in [-0.05, 0) is 18.1 Å². The van der Waals surface area contributed by atoms with Crippen LogP contribution < -0.4 is 0 Å². The summed E-state index contributed by atoms with van der Waals surface area (Å²) in [5.41, 5.74) is 1.23. The molecule has 1 nitrogen and oxygen atoms in total. The second-order valence-electron chi connectivity index (χ2n) is 3.59. The Labute approximate surface area is 102 Å². The van der Waals surface area contributed by atoms with E-state index < -0.39 is 0 Å². The van der Waals surface area contributed by atoms with Crippen LogP contribution >= 0.6 is 24.0 Å². The highest BCUT2D eigenvalue weighted by atomic mass is 35.5. The van der Waals surface area contributed by atoms with Crippen molar-refractivity contribution in [3.05, 3.63) is 47.0 Å². The predicted molar refractivity (Wildman–Crippen MR) is 67.7 cm³/mol. The van der Waals surface area contributed by atoms with Crippen molar-refractivity contribution in [2.75, 3.05) is 13.1 Å². The van der Waals surface area contributed by atoms with Crippen molar-refractivity contribution in [1.29, 1.82) is 0 Å². The summed E-state index contributed by atoms with van der Waals surface area (Å²) in [5.74, 6) is 0. The lowest BCUT2D eigenvalue weighted by molar-refractivity contribution is 0.291. The Kier molecular flexibility index (Phi) is 5.16. The van der Waals surface area contributed by atoms with Crippen molar-refractivity contribution < 1.29 is 0 Å². The van der Waals surface area contributed by atoms with E-state index in [1.54, 1.807) is 0 Å². The van der Waals surface area contributed by atoms with Crippen molar-refractivity contribution in [3.63, 3.8) is 0 Å². The zero-order chi connectivity index (χ0) is 9.80. The normalized spacial score (nSPS) is 16.1. The zero-order valence-corrected chi connectivity index (χ0v) is 10.1. The second kappa shape index (κ2) is 6.16. The van der Waals surface area contributed by atoms with Crippen LogP contribution in [-0.2, 0) is 6.54 Å². The molecule has 0 N–H and O–H groups in total. The minimum Gasteiger partial charge on any atom is -0.295 e. The van der Waals surface area contributed by atoms with E-state index in [0.29, 0.717) is 0 Å². The van der Waals surface area contributed by atoms with E-state index in [0.717, 1.165) is 31.1 Å². The summed E-state index contributed by atoms with van der Waals surface area (Å²) in [4.78, 5) is 2.40. The number of benzene rings is 1. The smallest absolute Gasteiger partial charge is 0.0451 e. The first kappa shape index (κ1) is 12.6. The molecule has 0 aromatic heterocycles. The van der Waals surface area contributed by atoms with Gasteiger partial charge in [0, 0.05) is 24.7 Å². The van der Waals surface area contributed by atoms with Crippen LogP contribution in [0.2, 0.25) is 5.02 Å². The quantitative estimate of drug-likeness (QED) is 0.719.